The van der Waals surface area contributed by atoms with Crippen molar-refractivity contribution in [1.82, 2.24) is 9.88 Å². The SMILES string of the molecule is CCN1CCN(c2ccc(I)c(C)n2)CC1. The molecule has 0 aliphatic carbocycles. The van der Waals surface area contributed by atoms with Gasteiger partial charge in [-0.15, -0.1) is 0 Å². The van der Waals surface area contributed by atoms with Gasteiger partial charge in [0, 0.05) is 29.7 Å². The molecule has 1 aliphatic rings. The van der Waals surface area contributed by atoms with Gasteiger partial charge in [-0.2, -0.15) is 0 Å². The normalized spacial score (nSPS) is 17.8. The van der Waals surface area contributed by atoms with E-state index in [9.17, 15) is 0 Å². The first-order valence-electron chi connectivity index (χ1n) is 5.81. The molecule has 0 amide bonds. The molecule has 1 aliphatic heterocycles. The highest BCUT2D eigenvalue weighted by Gasteiger charge is 2.16. The molecular formula is C12H18IN3. The number of aromatic nitrogens is 1. The van der Waals surface area contributed by atoms with E-state index in [4.69, 9.17) is 0 Å². The van der Waals surface area contributed by atoms with E-state index in [1.165, 1.54) is 3.57 Å². The third-order valence-corrected chi connectivity index (χ3v) is 4.29. The maximum atomic E-state index is 4.65. The summed E-state index contributed by atoms with van der Waals surface area (Å²) < 4.78 is 1.24. The highest BCUT2D eigenvalue weighted by atomic mass is 127. The first-order valence-corrected chi connectivity index (χ1v) is 6.89. The minimum Gasteiger partial charge on any atom is -0.354 e. The maximum absolute atomic E-state index is 4.65. The van der Waals surface area contributed by atoms with Crippen LogP contribution in [-0.4, -0.2) is 42.6 Å². The molecule has 0 saturated carbocycles. The summed E-state index contributed by atoms with van der Waals surface area (Å²) in [5.41, 5.74) is 1.14. The Morgan fingerprint density at radius 3 is 2.50 bits per heavy atom. The lowest BCUT2D eigenvalue weighted by atomic mass is 10.3. The number of anilines is 1. The standard InChI is InChI=1S/C12H18IN3/c1-3-15-6-8-16(9-7-15)12-5-4-11(13)10(2)14-12/h4-5H,3,6-9H2,1-2H3. The molecule has 0 atom stereocenters. The van der Waals surface area contributed by atoms with Crippen molar-refractivity contribution in [2.75, 3.05) is 37.6 Å². The predicted molar refractivity (Wildman–Crippen MR) is 76.0 cm³/mol. The van der Waals surface area contributed by atoms with Crippen LogP contribution in [0.1, 0.15) is 12.6 Å². The van der Waals surface area contributed by atoms with E-state index >= 15 is 0 Å². The lowest BCUT2D eigenvalue weighted by molar-refractivity contribution is 0.270. The Labute approximate surface area is 111 Å². The molecule has 3 nitrogen and oxygen atoms in total. The van der Waals surface area contributed by atoms with Gasteiger partial charge in [0.25, 0.3) is 0 Å². The average Bonchev–Trinajstić information content (AvgIpc) is 2.33. The topological polar surface area (TPSA) is 19.4 Å². The minimum atomic E-state index is 1.10. The third kappa shape index (κ3) is 2.66. The van der Waals surface area contributed by atoms with Crippen molar-refractivity contribution >= 4 is 28.4 Å². The van der Waals surface area contributed by atoms with Crippen molar-refractivity contribution in [2.24, 2.45) is 0 Å². The third-order valence-electron chi connectivity index (χ3n) is 3.15. The molecule has 0 radical (unpaired) electrons. The van der Waals surface area contributed by atoms with Crippen LogP contribution in [0.4, 0.5) is 5.82 Å². The molecule has 1 saturated heterocycles. The molecule has 4 heteroatoms. The second kappa shape index (κ2) is 5.31. The summed E-state index contributed by atoms with van der Waals surface area (Å²) in [5, 5.41) is 0. The van der Waals surface area contributed by atoms with Gasteiger partial charge in [0.15, 0.2) is 0 Å². The Hall–Kier alpha value is -0.360. The van der Waals surface area contributed by atoms with Gasteiger partial charge in [0.1, 0.15) is 5.82 Å². The predicted octanol–water partition coefficient (Wildman–Crippen LogP) is 2.14. The number of hydrogen-bond donors (Lipinski definition) is 0. The van der Waals surface area contributed by atoms with Crippen LogP contribution < -0.4 is 4.90 Å². The summed E-state index contributed by atoms with van der Waals surface area (Å²) >= 11 is 2.33. The minimum absolute atomic E-state index is 1.10. The van der Waals surface area contributed by atoms with Crippen molar-refractivity contribution in [1.29, 1.82) is 0 Å². The molecule has 16 heavy (non-hydrogen) atoms. The zero-order chi connectivity index (χ0) is 11.5. The number of nitrogens with zero attached hydrogens (tertiary/aromatic N) is 3. The molecule has 0 spiro atoms. The van der Waals surface area contributed by atoms with Crippen molar-refractivity contribution in [2.45, 2.75) is 13.8 Å². The smallest absolute Gasteiger partial charge is 0.128 e. The van der Waals surface area contributed by atoms with E-state index in [2.05, 4.69) is 63.4 Å². The number of hydrogen-bond acceptors (Lipinski definition) is 3. The van der Waals surface area contributed by atoms with Crippen LogP contribution in [0.2, 0.25) is 0 Å². The Kier molecular flexibility index (Phi) is 4.02. The van der Waals surface area contributed by atoms with E-state index in [-0.39, 0.29) is 0 Å². The summed E-state index contributed by atoms with van der Waals surface area (Å²) in [5.74, 6) is 1.13. The number of aryl methyl sites for hydroxylation is 1. The molecule has 0 bridgehead atoms. The number of halogens is 1. The quantitative estimate of drug-likeness (QED) is 0.774. The van der Waals surface area contributed by atoms with Gasteiger partial charge in [-0.05, 0) is 48.2 Å². The van der Waals surface area contributed by atoms with Gasteiger partial charge in [-0.1, -0.05) is 6.92 Å². The van der Waals surface area contributed by atoms with Crippen molar-refractivity contribution < 1.29 is 0 Å². The first kappa shape index (κ1) is 12.1. The second-order valence-corrected chi connectivity index (χ2v) is 5.32. The highest BCUT2D eigenvalue weighted by Crippen LogP contribution is 2.17. The zero-order valence-corrected chi connectivity index (χ0v) is 12.1. The first-order chi connectivity index (χ1) is 7.70. The molecular weight excluding hydrogens is 313 g/mol. The van der Waals surface area contributed by atoms with Gasteiger partial charge in [-0.25, -0.2) is 4.98 Å². The molecule has 1 aromatic heterocycles. The molecule has 0 aromatic carbocycles. The zero-order valence-electron chi connectivity index (χ0n) is 9.91. The van der Waals surface area contributed by atoms with Gasteiger partial charge in [0.2, 0.25) is 0 Å². The van der Waals surface area contributed by atoms with Crippen LogP contribution in [0.15, 0.2) is 12.1 Å². The maximum Gasteiger partial charge on any atom is 0.128 e. The van der Waals surface area contributed by atoms with Crippen LogP contribution in [-0.2, 0) is 0 Å². The van der Waals surface area contributed by atoms with Gasteiger partial charge in [0.05, 0.1) is 5.69 Å². The molecule has 2 rings (SSSR count). The van der Waals surface area contributed by atoms with Crippen molar-refractivity contribution in [3.8, 4) is 0 Å². The largest absolute Gasteiger partial charge is 0.354 e. The number of pyridine rings is 1. The van der Waals surface area contributed by atoms with Gasteiger partial charge in [-0.3, -0.25) is 0 Å². The van der Waals surface area contributed by atoms with Gasteiger partial charge < -0.3 is 9.80 Å². The van der Waals surface area contributed by atoms with Crippen LogP contribution >= 0.6 is 22.6 Å². The van der Waals surface area contributed by atoms with Crippen LogP contribution in [0.25, 0.3) is 0 Å². The fourth-order valence-corrected chi connectivity index (χ4v) is 2.30. The molecule has 1 aromatic rings. The van der Waals surface area contributed by atoms with Gasteiger partial charge >= 0.3 is 0 Å². The highest BCUT2D eigenvalue weighted by molar-refractivity contribution is 14.1. The number of likely N-dealkylation sites (N-methyl/N-ethyl adjacent to an activating group) is 1. The van der Waals surface area contributed by atoms with E-state index in [1.54, 1.807) is 0 Å². The summed E-state index contributed by atoms with van der Waals surface area (Å²) in [6, 6.07) is 4.29. The monoisotopic (exact) mass is 331 g/mol. The lowest BCUT2D eigenvalue weighted by Gasteiger charge is -2.34. The number of rotatable bonds is 2. The van der Waals surface area contributed by atoms with E-state index < -0.39 is 0 Å². The summed E-state index contributed by atoms with van der Waals surface area (Å²) in [7, 11) is 0. The van der Waals surface area contributed by atoms with Crippen molar-refractivity contribution in [3.63, 3.8) is 0 Å². The summed E-state index contributed by atoms with van der Waals surface area (Å²) in [6.45, 7) is 9.97. The van der Waals surface area contributed by atoms with E-state index in [1.807, 2.05) is 0 Å². The van der Waals surface area contributed by atoms with Crippen LogP contribution in [0, 0.1) is 10.5 Å². The van der Waals surface area contributed by atoms with E-state index in [0.29, 0.717) is 0 Å². The molecule has 0 unspecified atom stereocenters. The Morgan fingerprint density at radius 1 is 1.25 bits per heavy atom. The Bertz CT molecular complexity index is 359. The fraction of sp³-hybridized carbons (Fsp3) is 0.583. The lowest BCUT2D eigenvalue weighted by Crippen LogP contribution is -2.46. The van der Waals surface area contributed by atoms with E-state index in [0.717, 1.165) is 44.2 Å². The average molecular weight is 331 g/mol. The Balaban J connectivity index is 2.05. The summed E-state index contributed by atoms with van der Waals surface area (Å²) in [4.78, 5) is 9.51. The Morgan fingerprint density at radius 2 is 1.94 bits per heavy atom. The molecule has 0 N–H and O–H groups in total. The fourth-order valence-electron chi connectivity index (χ4n) is 2.00. The van der Waals surface area contributed by atoms with Crippen LogP contribution in [0.3, 0.4) is 0 Å². The second-order valence-electron chi connectivity index (χ2n) is 4.16. The molecule has 2 heterocycles. The summed E-state index contributed by atoms with van der Waals surface area (Å²) in [6.07, 6.45) is 0. The molecule has 1 fully saturated rings. The van der Waals surface area contributed by atoms with Crippen LogP contribution in [0.5, 0.6) is 0 Å². The van der Waals surface area contributed by atoms with Crippen molar-refractivity contribution in [3.05, 3.63) is 21.4 Å². The molecule has 88 valence electrons. The number of piperazine rings is 1.